The molecular weight excluding hydrogens is 241 g/mol. The maximum Gasteiger partial charge on any atom is 0.417 e. The predicted molar refractivity (Wildman–Crippen MR) is 62.0 cm³/mol. The third-order valence-electron chi connectivity index (χ3n) is 3.27. The molecule has 0 heterocycles. The summed E-state index contributed by atoms with van der Waals surface area (Å²) in [5.41, 5.74) is -0.784. The van der Waals surface area contributed by atoms with E-state index < -0.39 is 11.7 Å². The van der Waals surface area contributed by atoms with E-state index in [4.69, 9.17) is 5.26 Å². The number of nitrogens with zero attached hydrogens (tertiary/aromatic N) is 1. The van der Waals surface area contributed by atoms with Crippen LogP contribution in [0.2, 0.25) is 0 Å². The first-order valence-corrected chi connectivity index (χ1v) is 5.86. The highest BCUT2D eigenvalue weighted by Crippen LogP contribution is 2.34. The molecule has 18 heavy (non-hydrogen) atoms. The Kier molecular flexibility index (Phi) is 3.46. The minimum absolute atomic E-state index is 0.336. The molecule has 1 fully saturated rings. The number of nitrogens with one attached hydrogen (secondary N) is 1. The highest BCUT2D eigenvalue weighted by Gasteiger charge is 2.33. The second-order valence-corrected chi connectivity index (χ2v) is 4.55. The van der Waals surface area contributed by atoms with Gasteiger partial charge in [0.25, 0.3) is 0 Å². The monoisotopic (exact) mass is 254 g/mol. The van der Waals surface area contributed by atoms with E-state index in [2.05, 4.69) is 5.32 Å². The molecule has 0 aliphatic heterocycles. The molecule has 0 saturated heterocycles. The van der Waals surface area contributed by atoms with Gasteiger partial charge >= 0.3 is 6.18 Å². The minimum Gasteiger partial charge on any atom is -0.385 e. The lowest BCUT2D eigenvalue weighted by molar-refractivity contribution is -0.137. The molecule has 0 aromatic heterocycles. The van der Waals surface area contributed by atoms with Gasteiger partial charge < -0.3 is 5.32 Å². The van der Waals surface area contributed by atoms with Gasteiger partial charge in [-0.2, -0.15) is 18.4 Å². The van der Waals surface area contributed by atoms with Gasteiger partial charge in [-0.25, -0.2) is 0 Å². The number of hydrogen-bond acceptors (Lipinski definition) is 2. The van der Waals surface area contributed by atoms with E-state index in [1.807, 2.05) is 0 Å². The Morgan fingerprint density at radius 1 is 1.33 bits per heavy atom. The van der Waals surface area contributed by atoms with Crippen LogP contribution in [-0.2, 0) is 6.18 Å². The van der Waals surface area contributed by atoms with E-state index in [1.165, 1.54) is 18.6 Å². The molecule has 0 unspecified atom stereocenters. The van der Waals surface area contributed by atoms with E-state index in [0.717, 1.165) is 18.9 Å². The van der Waals surface area contributed by atoms with Crippen LogP contribution in [0.3, 0.4) is 0 Å². The molecule has 1 N–H and O–H groups in total. The second kappa shape index (κ2) is 4.89. The van der Waals surface area contributed by atoms with Crippen LogP contribution in [0.15, 0.2) is 18.2 Å². The van der Waals surface area contributed by atoms with Crippen molar-refractivity contribution in [2.75, 3.05) is 11.9 Å². The first kappa shape index (κ1) is 12.7. The van der Waals surface area contributed by atoms with Crippen molar-refractivity contribution in [2.24, 2.45) is 5.92 Å². The van der Waals surface area contributed by atoms with E-state index in [0.29, 0.717) is 18.2 Å². The summed E-state index contributed by atoms with van der Waals surface area (Å²) in [6.45, 7) is 0.698. The third-order valence-corrected chi connectivity index (χ3v) is 3.27. The molecule has 1 aliphatic carbocycles. The predicted octanol–water partition coefficient (Wildman–Crippen LogP) is 3.79. The van der Waals surface area contributed by atoms with Crippen LogP contribution in [0.25, 0.3) is 0 Å². The fraction of sp³-hybridized carbons (Fsp3) is 0.462. The first-order chi connectivity index (χ1) is 8.50. The standard InChI is InChI=1S/C13H13F3N2/c14-13(15,16)12-6-11(5-4-10(12)7-17)18-8-9-2-1-3-9/h4-6,9,18H,1-3,8H2. The number of benzene rings is 1. The van der Waals surface area contributed by atoms with Crippen LogP contribution in [0.1, 0.15) is 30.4 Å². The molecule has 2 nitrogen and oxygen atoms in total. The topological polar surface area (TPSA) is 35.8 Å². The molecule has 0 amide bonds. The van der Waals surface area contributed by atoms with Crippen LogP contribution in [-0.4, -0.2) is 6.54 Å². The van der Waals surface area contributed by atoms with Crippen molar-refractivity contribution in [1.82, 2.24) is 0 Å². The van der Waals surface area contributed by atoms with Gasteiger partial charge in [-0.1, -0.05) is 6.42 Å². The summed E-state index contributed by atoms with van der Waals surface area (Å²) in [5, 5.41) is 11.7. The maximum atomic E-state index is 12.7. The zero-order valence-corrected chi connectivity index (χ0v) is 9.72. The lowest BCUT2D eigenvalue weighted by Gasteiger charge is -2.26. The van der Waals surface area contributed by atoms with Crippen molar-refractivity contribution >= 4 is 5.69 Å². The van der Waals surface area contributed by atoms with Crippen molar-refractivity contribution in [3.8, 4) is 6.07 Å². The molecule has 0 atom stereocenters. The number of halogens is 3. The number of anilines is 1. The molecule has 2 rings (SSSR count). The zero-order valence-electron chi connectivity index (χ0n) is 9.72. The summed E-state index contributed by atoms with van der Waals surface area (Å²) in [4.78, 5) is 0. The van der Waals surface area contributed by atoms with Crippen LogP contribution < -0.4 is 5.32 Å². The van der Waals surface area contributed by atoms with Gasteiger partial charge in [0.15, 0.2) is 0 Å². The number of rotatable bonds is 3. The Labute approximate surface area is 103 Å². The Balaban J connectivity index is 2.14. The largest absolute Gasteiger partial charge is 0.417 e. The van der Waals surface area contributed by atoms with Gasteiger partial charge in [0.05, 0.1) is 17.2 Å². The molecule has 0 bridgehead atoms. The van der Waals surface area contributed by atoms with E-state index in [-0.39, 0.29) is 5.56 Å². The second-order valence-electron chi connectivity index (χ2n) is 4.55. The quantitative estimate of drug-likeness (QED) is 0.890. The van der Waals surface area contributed by atoms with Crippen molar-refractivity contribution in [3.63, 3.8) is 0 Å². The number of hydrogen-bond donors (Lipinski definition) is 1. The zero-order chi connectivity index (χ0) is 13.2. The Morgan fingerprint density at radius 3 is 2.56 bits per heavy atom. The summed E-state index contributed by atoms with van der Waals surface area (Å²) < 4.78 is 38.1. The number of nitriles is 1. The molecule has 5 heteroatoms. The molecule has 1 aromatic rings. The van der Waals surface area contributed by atoms with Gasteiger partial charge in [0.1, 0.15) is 0 Å². The summed E-state index contributed by atoms with van der Waals surface area (Å²) in [5.74, 6) is 0.565. The SMILES string of the molecule is N#Cc1ccc(NCC2CCC2)cc1C(F)(F)F. The normalized spacial score (nSPS) is 15.9. The van der Waals surface area contributed by atoms with Gasteiger partial charge in [-0.3, -0.25) is 0 Å². The van der Waals surface area contributed by atoms with Gasteiger partial charge in [0, 0.05) is 12.2 Å². The Bertz CT molecular complexity index is 470. The molecule has 1 saturated carbocycles. The molecule has 0 spiro atoms. The molecule has 96 valence electrons. The van der Waals surface area contributed by atoms with Gasteiger partial charge in [-0.05, 0) is 37.0 Å². The van der Waals surface area contributed by atoms with E-state index in [1.54, 1.807) is 6.07 Å². The fourth-order valence-corrected chi connectivity index (χ4v) is 1.95. The van der Waals surface area contributed by atoms with Crippen LogP contribution in [0, 0.1) is 17.2 Å². The Morgan fingerprint density at radius 2 is 2.06 bits per heavy atom. The van der Waals surface area contributed by atoms with Crippen LogP contribution >= 0.6 is 0 Å². The molecule has 1 aromatic carbocycles. The van der Waals surface area contributed by atoms with Gasteiger partial charge in [-0.15, -0.1) is 0 Å². The molecule has 1 aliphatic rings. The average Bonchev–Trinajstić information content (AvgIpc) is 2.25. The maximum absolute atomic E-state index is 12.7. The summed E-state index contributed by atoms with van der Waals surface area (Å²) in [6.07, 6.45) is -1.02. The lowest BCUT2D eigenvalue weighted by Crippen LogP contribution is -2.21. The third kappa shape index (κ3) is 2.76. The van der Waals surface area contributed by atoms with Crippen LogP contribution in [0.4, 0.5) is 18.9 Å². The van der Waals surface area contributed by atoms with E-state index >= 15 is 0 Å². The highest BCUT2D eigenvalue weighted by atomic mass is 19.4. The highest BCUT2D eigenvalue weighted by molar-refractivity contribution is 5.53. The molecule has 0 radical (unpaired) electrons. The van der Waals surface area contributed by atoms with Gasteiger partial charge in [0.2, 0.25) is 0 Å². The lowest BCUT2D eigenvalue weighted by atomic mass is 9.85. The molecular formula is C13H13F3N2. The smallest absolute Gasteiger partial charge is 0.385 e. The average molecular weight is 254 g/mol. The van der Waals surface area contributed by atoms with Crippen molar-refractivity contribution in [1.29, 1.82) is 5.26 Å². The fourth-order valence-electron chi connectivity index (χ4n) is 1.95. The van der Waals surface area contributed by atoms with E-state index in [9.17, 15) is 13.2 Å². The van der Waals surface area contributed by atoms with Crippen LogP contribution in [0.5, 0.6) is 0 Å². The van der Waals surface area contributed by atoms with Crippen molar-refractivity contribution in [2.45, 2.75) is 25.4 Å². The number of alkyl halides is 3. The van der Waals surface area contributed by atoms with Crippen molar-refractivity contribution in [3.05, 3.63) is 29.3 Å². The first-order valence-electron chi connectivity index (χ1n) is 5.86. The Hall–Kier alpha value is -1.70. The summed E-state index contributed by atoms with van der Waals surface area (Å²) >= 11 is 0. The summed E-state index contributed by atoms with van der Waals surface area (Å²) in [7, 11) is 0. The minimum atomic E-state index is -4.49. The summed E-state index contributed by atoms with van der Waals surface area (Å²) in [6, 6.07) is 5.31. The van der Waals surface area contributed by atoms with Crippen molar-refractivity contribution < 1.29 is 13.2 Å².